The second kappa shape index (κ2) is 9.25. The van der Waals surface area contributed by atoms with Gasteiger partial charge < -0.3 is 28.0 Å². The zero-order valence-corrected chi connectivity index (χ0v) is 18.2. The second-order valence-electron chi connectivity index (χ2n) is 7.50. The van der Waals surface area contributed by atoms with Crippen LogP contribution in [0.3, 0.4) is 0 Å². The van der Waals surface area contributed by atoms with E-state index < -0.39 is 7.60 Å². The van der Waals surface area contributed by atoms with Crippen LogP contribution in [-0.2, 0) is 14.0 Å². The standard InChI is InChI=1S/C24H23O7P/c25-32(24-10-2-1-3-11-24,30-20-8-4-6-18(12-20)26-14-22-16-28-22)31-21-9-5-7-19(13-21)27-15-23-17-29-23/h1-13,22-23H,14-17H2. The first-order chi connectivity index (χ1) is 15.7. The lowest BCUT2D eigenvalue weighted by molar-refractivity contribution is 0.262. The lowest BCUT2D eigenvalue weighted by atomic mass is 10.3. The fraction of sp³-hybridized carbons (Fsp3) is 0.250. The molecule has 0 bridgehead atoms. The molecular formula is C24H23O7P. The summed E-state index contributed by atoms with van der Waals surface area (Å²) >= 11 is 0. The van der Waals surface area contributed by atoms with Crippen LogP contribution in [0.4, 0.5) is 0 Å². The summed E-state index contributed by atoms with van der Waals surface area (Å²) in [5.41, 5.74) is 0. The Morgan fingerprint density at radius 1 is 0.688 bits per heavy atom. The van der Waals surface area contributed by atoms with Gasteiger partial charge in [-0.15, -0.1) is 0 Å². The van der Waals surface area contributed by atoms with Gasteiger partial charge in [0.15, 0.2) is 0 Å². The minimum Gasteiger partial charge on any atom is -0.491 e. The molecule has 3 aromatic carbocycles. The zero-order chi connectivity index (χ0) is 21.8. The Bertz CT molecular complexity index is 1030. The van der Waals surface area contributed by atoms with Crippen molar-refractivity contribution in [2.24, 2.45) is 0 Å². The third-order valence-corrected chi connectivity index (χ3v) is 6.64. The molecule has 2 fully saturated rings. The Morgan fingerprint density at radius 3 is 1.62 bits per heavy atom. The number of benzene rings is 3. The first-order valence-electron chi connectivity index (χ1n) is 10.4. The molecule has 0 amide bonds. The Kier molecular flexibility index (Phi) is 6.04. The molecule has 8 heteroatoms. The maximum absolute atomic E-state index is 14.0. The quantitative estimate of drug-likeness (QED) is 0.317. The number of ether oxygens (including phenoxy) is 4. The summed E-state index contributed by atoms with van der Waals surface area (Å²) in [6.45, 7) is 2.36. The first-order valence-corrected chi connectivity index (χ1v) is 11.9. The maximum atomic E-state index is 14.0. The van der Waals surface area contributed by atoms with E-state index >= 15 is 0 Å². The highest BCUT2D eigenvalue weighted by Crippen LogP contribution is 2.48. The van der Waals surface area contributed by atoms with Crippen molar-refractivity contribution in [1.82, 2.24) is 0 Å². The van der Waals surface area contributed by atoms with Crippen LogP contribution in [0.1, 0.15) is 0 Å². The van der Waals surface area contributed by atoms with Crippen LogP contribution in [0, 0.1) is 0 Å². The van der Waals surface area contributed by atoms with Gasteiger partial charge in [-0.3, -0.25) is 0 Å². The average Bonchev–Trinajstić information content (AvgIpc) is 3.73. The van der Waals surface area contributed by atoms with Crippen LogP contribution in [0.15, 0.2) is 78.9 Å². The molecule has 0 aliphatic carbocycles. The van der Waals surface area contributed by atoms with E-state index in [1.807, 2.05) is 18.2 Å². The van der Waals surface area contributed by atoms with Crippen LogP contribution >= 0.6 is 7.60 Å². The predicted molar refractivity (Wildman–Crippen MR) is 118 cm³/mol. The van der Waals surface area contributed by atoms with Crippen molar-refractivity contribution in [3.63, 3.8) is 0 Å². The summed E-state index contributed by atoms with van der Waals surface area (Å²) in [6.07, 6.45) is 0.276. The van der Waals surface area contributed by atoms with E-state index in [-0.39, 0.29) is 12.2 Å². The van der Waals surface area contributed by atoms with E-state index in [2.05, 4.69) is 0 Å². The number of epoxide rings is 2. The van der Waals surface area contributed by atoms with Gasteiger partial charge in [0.25, 0.3) is 0 Å². The first kappa shape index (κ1) is 20.9. The third kappa shape index (κ3) is 5.62. The van der Waals surface area contributed by atoms with Crippen molar-refractivity contribution in [2.75, 3.05) is 26.4 Å². The second-order valence-corrected chi connectivity index (χ2v) is 9.37. The van der Waals surface area contributed by atoms with E-state index in [9.17, 15) is 4.57 Å². The monoisotopic (exact) mass is 454 g/mol. The third-order valence-electron chi connectivity index (χ3n) is 4.81. The van der Waals surface area contributed by atoms with Crippen molar-refractivity contribution in [3.8, 4) is 23.0 Å². The van der Waals surface area contributed by atoms with Crippen LogP contribution in [0.5, 0.6) is 23.0 Å². The molecule has 2 saturated heterocycles. The van der Waals surface area contributed by atoms with Gasteiger partial charge in [0.1, 0.15) is 48.4 Å². The Labute approximate surface area is 186 Å². The molecular weight excluding hydrogens is 431 g/mol. The van der Waals surface area contributed by atoms with Gasteiger partial charge in [0, 0.05) is 12.1 Å². The summed E-state index contributed by atoms with van der Waals surface area (Å²) in [5.74, 6) is 1.97. The number of hydrogen-bond acceptors (Lipinski definition) is 7. The molecule has 0 N–H and O–H groups in total. The average molecular weight is 454 g/mol. The number of rotatable bonds is 11. The molecule has 3 aromatic rings. The molecule has 5 rings (SSSR count). The summed E-state index contributed by atoms with van der Waals surface area (Å²) in [6, 6.07) is 22.9. The highest BCUT2D eigenvalue weighted by Gasteiger charge is 2.32. The fourth-order valence-electron chi connectivity index (χ4n) is 2.96. The maximum Gasteiger partial charge on any atom is 0.462 e. The Balaban J connectivity index is 1.36. The van der Waals surface area contributed by atoms with Crippen LogP contribution < -0.4 is 23.8 Å². The van der Waals surface area contributed by atoms with Crippen LogP contribution in [-0.4, -0.2) is 38.6 Å². The highest BCUT2D eigenvalue weighted by molar-refractivity contribution is 7.63. The van der Waals surface area contributed by atoms with Crippen molar-refractivity contribution in [3.05, 3.63) is 78.9 Å². The van der Waals surface area contributed by atoms with E-state index in [0.717, 1.165) is 0 Å². The summed E-state index contributed by atoms with van der Waals surface area (Å²) in [7, 11) is -3.77. The Hall–Kier alpha value is -2.99. The molecule has 0 radical (unpaired) electrons. The van der Waals surface area contributed by atoms with Crippen molar-refractivity contribution in [2.45, 2.75) is 12.2 Å². The van der Waals surface area contributed by atoms with Gasteiger partial charge in [-0.05, 0) is 36.4 Å². The molecule has 0 aromatic heterocycles. The minimum absolute atomic E-state index is 0.138. The summed E-state index contributed by atoms with van der Waals surface area (Å²) in [4.78, 5) is 0. The van der Waals surface area contributed by atoms with Gasteiger partial charge in [0.2, 0.25) is 0 Å². The lowest BCUT2D eigenvalue weighted by Gasteiger charge is -2.21. The van der Waals surface area contributed by atoms with Crippen molar-refractivity contribution < 1.29 is 32.6 Å². The van der Waals surface area contributed by atoms with Crippen molar-refractivity contribution in [1.29, 1.82) is 0 Å². The molecule has 2 unspecified atom stereocenters. The van der Waals surface area contributed by atoms with Gasteiger partial charge >= 0.3 is 7.60 Å². The zero-order valence-electron chi connectivity index (χ0n) is 17.3. The molecule has 0 saturated carbocycles. The molecule has 2 atom stereocenters. The highest BCUT2D eigenvalue weighted by atomic mass is 31.2. The van der Waals surface area contributed by atoms with E-state index in [0.29, 0.717) is 54.7 Å². The van der Waals surface area contributed by atoms with Crippen molar-refractivity contribution >= 4 is 12.9 Å². The predicted octanol–water partition coefficient (Wildman–Crippen LogP) is 4.22. The SMILES string of the molecule is O=P(Oc1cccc(OCC2CO2)c1)(Oc1cccc(OCC2CO2)c1)c1ccccc1. The van der Waals surface area contributed by atoms with Gasteiger partial charge in [-0.25, -0.2) is 4.57 Å². The number of hydrogen-bond donors (Lipinski definition) is 0. The molecule has 166 valence electrons. The largest absolute Gasteiger partial charge is 0.491 e. The van der Waals surface area contributed by atoms with E-state index in [4.69, 9.17) is 28.0 Å². The molecule has 7 nitrogen and oxygen atoms in total. The molecule has 2 heterocycles. The topological polar surface area (TPSA) is 79.1 Å². The normalized spacial score (nSPS) is 20.6. The lowest BCUT2D eigenvalue weighted by Crippen LogP contribution is -2.14. The summed E-state index contributed by atoms with van der Waals surface area (Å²) in [5, 5.41) is 0.440. The molecule has 32 heavy (non-hydrogen) atoms. The van der Waals surface area contributed by atoms with E-state index in [1.54, 1.807) is 60.7 Å². The van der Waals surface area contributed by atoms with Crippen LogP contribution in [0.2, 0.25) is 0 Å². The molecule has 2 aliphatic rings. The van der Waals surface area contributed by atoms with Gasteiger partial charge in [-0.2, -0.15) is 0 Å². The Morgan fingerprint density at radius 2 is 1.16 bits per heavy atom. The van der Waals surface area contributed by atoms with E-state index in [1.165, 1.54) is 0 Å². The summed E-state index contributed by atoms with van der Waals surface area (Å²) < 4.78 is 47.7. The molecule has 0 spiro atoms. The molecule has 2 aliphatic heterocycles. The fourth-order valence-corrected chi connectivity index (χ4v) is 4.53. The van der Waals surface area contributed by atoms with Gasteiger partial charge in [0.05, 0.1) is 18.5 Å². The van der Waals surface area contributed by atoms with Crippen LogP contribution in [0.25, 0.3) is 0 Å². The van der Waals surface area contributed by atoms with Gasteiger partial charge in [-0.1, -0.05) is 30.3 Å². The smallest absolute Gasteiger partial charge is 0.462 e. The minimum atomic E-state index is -3.77.